The first-order chi connectivity index (χ1) is 9.29. The Hall–Kier alpha value is -1.68. The molecule has 1 aromatic heterocycles. The van der Waals surface area contributed by atoms with Crippen LogP contribution in [-0.2, 0) is 27.5 Å². The summed E-state index contributed by atoms with van der Waals surface area (Å²) in [7, 11) is 1.41. The molecule has 0 saturated carbocycles. The number of rotatable bonds is 6. The molecule has 2 aromatic rings. The molecule has 0 saturated heterocycles. The Labute approximate surface area is 117 Å². The number of methoxy groups -OCH3 is 1. The molecule has 1 heterocycles. The SMILES string of the molecule is COC(=O)Cc1ccccc1CSCc1ccco1. The zero-order valence-corrected chi connectivity index (χ0v) is 11.6. The van der Waals surface area contributed by atoms with Crippen LogP contribution in [0.1, 0.15) is 16.9 Å². The van der Waals surface area contributed by atoms with Gasteiger partial charge in [0.15, 0.2) is 0 Å². The molecule has 1 aromatic carbocycles. The highest BCUT2D eigenvalue weighted by Crippen LogP contribution is 2.21. The van der Waals surface area contributed by atoms with Crippen molar-refractivity contribution in [1.82, 2.24) is 0 Å². The number of hydrogen-bond acceptors (Lipinski definition) is 4. The first kappa shape index (κ1) is 13.7. The standard InChI is InChI=1S/C15H16O3S/c1-17-15(16)9-12-5-2-3-6-13(12)10-19-11-14-7-4-8-18-14/h2-8H,9-11H2,1H3. The van der Waals surface area contributed by atoms with Gasteiger partial charge in [0.2, 0.25) is 0 Å². The summed E-state index contributed by atoms with van der Waals surface area (Å²) >= 11 is 1.77. The van der Waals surface area contributed by atoms with Gasteiger partial charge >= 0.3 is 5.97 Å². The van der Waals surface area contributed by atoms with Crippen molar-refractivity contribution in [2.24, 2.45) is 0 Å². The zero-order chi connectivity index (χ0) is 13.5. The van der Waals surface area contributed by atoms with Crippen LogP contribution in [0.15, 0.2) is 47.1 Å². The first-order valence-electron chi connectivity index (χ1n) is 6.03. The highest BCUT2D eigenvalue weighted by Gasteiger charge is 2.08. The Morgan fingerprint density at radius 3 is 2.63 bits per heavy atom. The van der Waals surface area contributed by atoms with E-state index in [9.17, 15) is 4.79 Å². The Bertz CT molecular complexity index is 520. The van der Waals surface area contributed by atoms with Gasteiger partial charge in [-0.05, 0) is 23.3 Å². The third kappa shape index (κ3) is 4.17. The maximum atomic E-state index is 11.3. The minimum absolute atomic E-state index is 0.205. The molecule has 0 aliphatic heterocycles. The van der Waals surface area contributed by atoms with Gasteiger partial charge in [0, 0.05) is 5.75 Å². The fourth-order valence-corrected chi connectivity index (χ4v) is 2.72. The largest absolute Gasteiger partial charge is 0.469 e. The van der Waals surface area contributed by atoms with Crippen molar-refractivity contribution in [3.05, 3.63) is 59.5 Å². The van der Waals surface area contributed by atoms with Crippen LogP contribution in [0, 0.1) is 0 Å². The lowest BCUT2D eigenvalue weighted by atomic mass is 10.1. The lowest BCUT2D eigenvalue weighted by molar-refractivity contribution is -0.139. The van der Waals surface area contributed by atoms with Crippen LogP contribution in [-0.4, -0.2) is 13.1 Å². The monoisotopic (exact) mass is 276 g/mol. The molecule has 0 N–H and O–H groups in total. The van der Waals surface area contributed by atoms with Gasteiger partial charge < -0.3 is 9.15 Å². The maximum Gasteiger partial charge on any atom is 0.309 e. The Morgan fingerprint density at radius 1 is 1.16 bits per heavy atom. The number of thioether (sulfide) groups is 1. The van der Waals surface area contributed by atoms with Gasteiger partial charge in [-0.3, -0.25) is 4.79 Å². The van der Waals surface area contributed by atoms with Crippen LogP contribution >= 0.6 is 11.8 Å². The molecule has 0 atom stereocenters. The second kappa shape index (κ2) is 7.04. The third-order valence-corrected chi connectivity index (χ3v) is 3.77. The number of furan rings is 1. The summed E-state index contributed by atoms with van der Waals surface area (Å²) in [5, 5.41) is 0. The number of esters is 1. The van der Waals surface area contributed by atoms with Gasteiger partial charge in [-0.1, -0.05) is 24.3 Å². The second-order valence-electron chi connectivity index (χ2n) is 4.09. The quantitative estimate of drug-likeness (QED) is 0.758. The number of hydrogen-bond donors (Lipinski definition) is 0. The summed E-state index contributed by atoms with van der Waals surface area (Å²) in [5.74, 6) is 2.45. The van der Waals surface area contributed by atoms with E-state index in [1.807, 2.05) is 36.4 Å². The average Bonchev–Trinajstić information content (AvgIpc) is 2.94. The fraction of sp³-hybridized carbons (Fsp3) is 0.267. The van der Waals surface area contributed by atoms with Crippen LogP contribution in [0.2, 0.25) is 0 Å². The molecule has 0 bridgehead atoms. The molecule has 3 nitrogen and oxygen atoms in total. The predicted octanol–water partition coefficient (Wildman–Crippen LogP) is 3.43. The Balaban J connectivity index is 1.93. The first-order valence-corrected chi connectivity index (χ1v) is 7.19. The van der Waals surface area contributed by atoms with Gasteiger partial charge in [0.05, 0.1) is 25.5 Å². The van der Waals surface area contributed by atoms with Crippen LogP contribution < -0.4 is 0 Å². The molecule has 0 aliphatic rings. The van der Waals surface area contributed by atoms with E-state index < -0.39 is 0 Å². The van der Waals surface area contributed by atoms with Gasteiger partial charge in [-0.15, -0.1) is 11.8 Å². The topological polar surface area (TPSA) is 39.4 Å². The van der Waals surface area contributed by atoms with E-state index in [1.54, 1.807) is 18.0 Å². The van der Waals surface area contributed by atoms with Gasteiger partial charge in [0.1, 0.15) is 5.76 Å². The normalized spacial score (nSPS) is 10.4. The molecule has 4 heteroatoms. The second-order valence-corrected chi connectivity index (χ2v) is 5.08. The molecular formula is C15H16O3S. The van der Waals surface area contributed by atoms with E-state index in [0.29, 0.717) is 6.42 Å². The van der Waals surface area contributed by atoms with Crippen molar-refractivity contribution in [1.29, 1.82) is 0 Å². The predicted molar refractivity (Wildman–Crippen MR) is 75.9 cm³/mol. The molecule has 2 rings (SSSR count). The summed E-state index contributed by atoms with van der Waals surface area (Å²) in [6, 6.07) is 11.8. The molecule has 0 spiro atoms. The highest BCUT2D eigenvalue weighted by molar-refractivity contribution is 7.97. The molecule has 0 radical (unpaired) electrons. The minimum atomic E-state index is -0.205. The van der Waals surface area contributed by atoms with E-state index in [-0.39, 0.29) is 5.97 Å². The zero-order valence-electron chi connectivity index (χ0n) is 10.8. The summed E-state index contributed by atoms with van der Waals surface area (Å²) < 4.78 is 10.0. The van der Waals surface area contributed by atoms with Crippen LogP contribution in [0.4, 0.5) is 0 Å². The van der Waals surface area contributed by atoms with Crippen molar-refractivity contribution in [3.8, 4) is 0 Å². The fourth-order valence-electron chi connectivity index (χ4n) is 1.75. The van der Waals surface area contributed by atoms with E-state index in [1.165, 1.54) is 12.7 Å². The molecule has 0 aliphatic carbocycles. The number of carbonyl (C=O) groups is 1. The maximum absolute atomic E-state index is 11.3. The average molecular weight is 276 g/mol. The molecule has 0 amide bonds. The van der Waals surface area contributed by atoms with Crippen molar-refractivity contribution in [2.45, 2.75) is 17.9 Å². The van der Waals surface area contributed by atoms with Crippen LogP contribution in [0.25, 0.3) is 0 Å². The molecule has 100 valence electrons. The minimum Gasteiger partial charge on any atom is -0.469 e. The van der Waals surface area contributed by atoms with E-state index in [2.05, 4.69) is 0 Å². The van der Waals surface area contributed by atoms with Crippen LogP contribution in [0.3, 0.4) is 0 Å². The summed E-state index contributed by atoms with van der Waals surface area (Å²) in [6.07, 6.45) is 2.01. The van der Waals surface area contributed by atoms with E-state index in [0.717, 1.165) is 22.8 Å². The molecule has 0 unspecified atom stereocenters. The Kier molecular flexibility index (Phi) is 5.10. The van der Waals surface area contributed by atoms with Gasteiger partial charge in [-0.2, -0.15) is 0 Å². The van der Waals surface area contributed by atoms with E-state index in [4.69, 9.17) is 9.15 Å². The highest BCUT2D eigenvalue weighted by atomic mass is 32.2. The van der Waals surface area contributed by atoms with Gasteiger partial charge in [-0.25, -0.2) is 0 Å². The molecular weight excluding hydrogens is 260 g/mol. The summed E-state index contributed by atoms with van der Waals surface area (Å²) in [5.41, 5.74) is 2.20. The summed E-state index contributed by atoms with van der Waals surface area (Å²) in [6.45, 7) is 0. The third-order valence-electron chi connectivity index (χ3n) is 2.76. The lowest BCUT2D eigenvalue weighted by Gasteiger charge is -2.07. The van der Waals surface area contributed by atoms with Gasteiger partial charge in [0.25, 0.3) is 0 Å². The molecule has 0 fully saturated rings. The van der Waals surface area contributed by atoms with Crippen LogP contribution in [0.5, 0.6) is 0 Å². The van der Waals surface area contributed by atoms with Crippen molar-refractivity contribution in [3.63, 3.8) is 0 Å². The number of ether oxygens (including phenoxy) is 1. The van der Waals surface area contributed by atoms with Crippen molar-refractivity contribution in [2.75, 3.05) is 7.11 Å². The summed E-state index contributed by atoms with van der Waals surface area (Å²) in [4.78, 5) is 11.3. The number of benzene rings is 1. The lowest BCUT2D eigenvalue weighted by Crippen LogP contribution is -2.06. The van der Waals surface area contributed by atoms with Crippen molar-refractivity contribution < 1.29 is 13.9 Å². The smallest absolute Gasteiger partial charge is 0.309 e. The van der Waals surface area contributed by atoms with E-state index >= 15 is 0 Å². The molecule has 19 heavy (non-hydrogen) atoms. The number of carbonyl (C=O) groups excluding carboxylic acids is 1. The van der Waals surface area contributed by atoms with Crippen molar-refractivity contribution >= 4 is 17.7 Å². The Morgan fingerprint density at radius 2 is 1.95 bits per heavy atom.